The van der Waals surface area contributed by atoms with Crippen molar-refractivity contribution in [2.45, 2.75) is 0 Å². The number of nitrogens with zero attached hydrogens (tertiary/aromatic N) is 3. The largest absolute Gasteiger partial charge is 0.436 e. The van der Waals surface area contributed by atoms with Gasteiger partial charge in [-0.25, -0.2) is 9.97 Å². The van der Waals surface area contributed by atoms with Crippen LogP contribution in [0.5, 0.6) is 0 Å². The van der Waals surface area contributed by atoms with Gasteiger partial charge in [-0.15, -0.1) is 0 Å². The second kappa shape index (κ2) is 10.5. The first kappa shape index (κ1) is 26.7. The molecule has 0 spiro atoms. The minimum absolute atomic E-state index is 0.627. The van der Waals surface area contributed by atoms with Crippen LogP contribution in [0.3, 0.4) is 0 Å². The molecule has 3 heterocycles. The normalized spacial score (nSPS) is 11.8. The molecule has 0 aliphatic heterocycles. The molecule has 0 bridgehead atoms. The Balaban J connectivity index is 1.18. The predicted octanol–water partition coefficient (Wildman–Crippen LogP) is 11.6. The highest BCUT2D eigenvalue weighted by Crippen LogP contribution is 2.42. The van der Waals surface area contributed by atoms with Crippen LogP contribution in [-0.4, -0.2) is 14.5 Å². The zero-order valence-electron chi connectivity index (χ0n) is 25.8. The van der Waals surface area contributed by atoms with Gasteiger partial charge in [0.25, 0.3) is 0 Å². The fourth-order valence-corrected chi connectivity index (χ4v) is 7.20. The van der Waals surface area contributed by atoms with Gasteiger partial charge in [0.15, 0.2) is 5.58 Å². The minimum atomic E-state index is 0.627. The van der Waals surface area contributed by atoms with Gasteiger partial charge in [0, 0.05) is 43.7 Å². The van der Waals surface area contributed by atoms with Gasteiger partial charge in [0.2, 0.25) is 5.89 Å². The molecule has 0 saturated heterocycles. The lowest BCUT2D eigenvalue weighted by Gasteiger charge is -2.15. The van der Waals surface area contributed by atoms with E-state index in [1.165, 1.54) is 27.2 Å². The average Bonchev–Trinajstić information content (AvgIpc) is 3.75. The summed E-state index contributed by atoms with van der Waals surface area (Å²) >= 11 is 0. The number of benzene rings is 7. The van der Waals surface area contributed by atoms with Crippen molar-refractivity contribution in [3.63, 3.8) is 0 Å². The molecular weight excluding hydrogens is 587 g/mol. The number of oxazole rings is 1. The summed E-state index contributed by atoms with van der Waals surface area (Å²) in [5.41, 5.74) is 11.4. The molecule has 0 saturated carbocycles. The van der Waals surface area contributed by atoms with Crippen molar-refractivity contribution in [1.82, 2.24) is 14.5 Å². The van der Waals surface area contributed by atoms with Crippen LogP contribution in [-0.2, 0) is 0 Å². The van der Waals surface area contributed by atoms with Crippen LogP contribution >= 0.6 is 0 Å². The lowest BCUT2D eigenvalue weighted by molar-refractivity contribution is 0.620. The number of hydrogen-bond acceptors (Lipinski definition) is 3. The van der Waals surface area contributed by atoms with Crippen LogP contribution in [0.15, 0.2) is 168 Å². The Hall–Kier alpha value is -6.52. The molecule has 0 radical (unpaired) electrons. The predicted molar refractivity (Wildman–Crippen MR) is 197 cm³/mol. The second-order valence-electron chi connectivity index (χ2n) is 12.2. The SMILES string of the molecule is c1ccc(-n2c3ccccc3c3ccc4c(-c5cccc(-c6ccc(-c7nc8ccccc8o7)cc6)c5)nc5ccccc5c4c32)cc1. The van der Waals surface area contributed by atoms with E-state index in [0.29, 0.717) is 5.89 Å². The van der Waals surface area contributed by atoms with Crippen LogP contribution in [0.4, 0.5) is 0 Å². The molecule has 0 amide bonds. The monoisotopic (exact) mass is 613 g/mol. The number of para-hydroxylation sites is 5. The molecule has 7 aromatic carbocycles. The highest BCUT2D eigenvalue weighted by atomic mass is 16.3. The lowest BCUT2D eigenvalue weighted by Crippen LogP contribution is -1.96. The van der Waals surface area contributed by atoms with Crippen molar-refractivity contribution in [2.24, 2.45) is 0 Å². The number of rotatable bonds is 4. The van der Waals surface area contributed by atoms with E-state index < -0.39 is 0 Å². The molecule has 3 aromatic heterocycles. The Bertz CT molecular complexity index is 2790. The molecule has 224 valence electrons. The van der Waals surface area contributed by atoms with Gasteiger partial charge in [-0.3, -0.25) is 0 Å². The Morgan fingerprint density at radius 2 is 1.12 bits per heavy atom. The van der Waals surface area contributed by atoms with E-state index >= 15 is 0 Å². The molecule has 10 rings (SSSR count). The van der Waals surface area contributed by atoms with Crippen molar-refractivity contribution in [1.29, 1.82) is 0 Å². The fourth-order valence-electron chi connectivity index (χ4n) is 7.20. The van der Waals surface area contributed by atoms with Gasteiger partial charge >= 0.3 is 0 Å². The van der Waals surface area contributed by atoms with Crippen LogP contribution < -0.4 is 0 Å². The molecule has 0 N–H and O–H groups in total. The summed E-state index contributed by atoms with van der Waals surface area (Å²) in [4.78, 5) is 9.99. The summed E-state index contributed by atoms with van der Waals surface area (Å²) in [7, 11) is 0. The molecule has 48 heavy (non-hydrogen) atoms. The van der Waals surface area contributed by atoms with Crippen LogP contribution in [0, 0.1) is 0 Å². The first-order chi connectivity index (χ1) is 23.8. The van der Waals surface area contributed by atoms with Gasteiger partial charge in [0.05, 0.1) is 22.2 Å². The van der Waals surface area contributed by atoms with E-state index in [4.69, 9.17) is 9.40 Å². The molecule has 0 atom stereocenters. The number of pyridine rings is 1. The van der Waals surface area contributed by atoms with E-state index in [1.807, 2.05) is 24.3 Å². The molecule has 0 aliphatic rings. The highest BCUT2D eigenvalue weighted by Gasteiger charge is 2.20. The Morgan fingerprint density at radius 1 is 0.438 bits per heavy atom. The topological polar surface area (TPSA) is 43.9 Å². The van der Waals surface area contributed by atoms with Gasteiger partial charge in [-0.2, -0.15) is 0 Å². The molecule has 0 fully saturated rings. The smallest absolute Gasteiger partial charge is 0.227 e. The molecular formula is C44H27N3O. The van der Waals surface area contributed by atoms with Crippen LogP contribution in [0.2, 0.25) is 0 Å². The first-order valence-electron chi connectivity index (χ1n) is 16.2. The highest BCUT2D eigenvalue weighted by molar-refractivity contribution is 6.26. The molecule has 0 aliphatic carbocycles. The van der Waals surface area contributed by atoms with Crippen molar-refractivity contribution in [2.75, 3.05) is 0 Å². The Kier molecular flexibility index (Phi) is 5.84. The summed E-state index contributed by atoms with van der Waals surface area (Å²) in [6, 6.07) is 57.4. The summed E-state index contributed by atoms with van der Waals surface area (Å²) in [6.07, 6.45) is 0. The average molecular weight is 614 g/mol. The summed E-state index contributed by atoms with van der Waals surface area (Å²) in [5, 5.41) is 5.96. The van der Waals surface area contributed by atoms with Crippen molar-refractivity contribution >= 4 is 54.6 Å². The van der Waals surface area contributed by atoms with Crippen molar-refractivity contribution in [3.8, 4) is 39.5 Å². The van der Waals surface area contributed by atoms with Crippen LogP contribution in [0.25, 0.3) is 94.1 Å². The summed E-state index contributed by atoms with van der Waals surface area (Å²) in [6.45, 7) is 0. The zero-order valence-corrected chi connectivity index (χ0v) is 25.8. The Morgan fingerprint density at radius 3 is 1.98 bits per heavy atom. The number of aromatic nitrogens is 3. The fraction of sp³-hybridized carbons (Fsp3) is 0. The maximum atomic E-state index is 6.02. The summed E-state index contributed by atoms with van der Waals surface area (Å²) < 4.78 is 8.43. The van der Waals surface area contributed by atoms with Gasteiger partial charge in [-0.05, 0) is 65.7 Å². The first-order valence-corrected chi connectivity index (χ1v) is 16.2. The maximum Gasteiger partial charge on any atom is 0.227 e. The van der Waals surface area contributed by atoms with E-state index in [2.05, 4.69) is 149 Å². The number of hydrogen-bond donors (Lipinski definition) is 0. The standard InChI is InChI=1S/C44H27N3O/c1-2-13-32(14-3-1)47-39-19-8-5-15-33(39)34-25-26-36-41(43(34)47)35-16-4-6-17-37(35)45-42(36)31-12-10-11-30(27-31)28-21-23-29(24-22-28)44-46-38-18-7-9-20-40(38)48-44/h1-27H. The van der Waals surface area contributed by atoms with E-state index in [-0.39, 0.29) is 0 Å². The lowest BCUT2D eigenvalue weighted by atomic mass is 9.95. The van der Waals surface area contributed by atoms with E-state index in [1.54, 1.807) is 0 Å². The Labute approximate surface area is 276 Å². The van der Waals surface area contributed by atoms with E-state index in [9.17, 15) is 0 Å². The third kappa shape index (κ3) is 4.10. The molecule has 4 nitrogen and oxygen atoms in total. The van der Waals surface area contributed by atoms with Crippen molar-refractivity contribution < 1.29 is 4.42 Å². The van der Waals surface area contributed by atoms with Gasteiger partial charge < -0.3 is 8.98 Å². The van der Waals surface area contributed by atoms with Crippen molar-refractivity contribution in [3.05, 3.63) is 164 Å². The number of fused-ring (bicyclic) bond motifs is 8. The minimum Gasteiger partial charge on any atom is -0.436 e. The summed E-state index contributed by atoms with van der Waals surface area (Å²) in [5.74, 6) is 0.627. The third-order valence-electron chi connectivity index (χ3n) is 9.41. The van der Waals surface area contributed by atoms with Gasteiger partial charge in [-0.1, -0.05) is 109 Å². The van der Waals surface area contributed by atoms with Crippen LogP contribution in [0.1, 0.15) is 0 Å². The van der Waals surface area contributed by atoms with Gasteiger partial charge in [0.1, 0.15) is 5.52 Å². The quantitative estimate of drug-likeness (QED) is 0.186. The molecule has 10 aromatic rings. The second-order valence-corrected chi connectivity index (χ2v) is 12.2. The van der Waals surface area contributed by atoms with E-state index in [0.717, 1.165) is 61.0 Å². The molecule has 4 heteroatoms. The zero-order chi connectivity index (χ0) is 31.6. The maximum absolute atomic E-state index is 6.02. The third-order valence-corrected chi connectivity index (χ3v) is 9.41. The molecule has 0 unspecified atom stereocenters.